The Balaban J connectivity index is 1.44. The average Bonchev–Trinajstić information content (AvgIpc) is 3.14. The lowest BCUT2D eigenvalue weighted by Crippen LogP contribution is -2.43. The number of carbonyl (C=O) groups is 1. The summed E-state index contributed by atoms with van der Waals surface area (Å²) >= 11 is 0. The van der Waals surface area contributed by atoms with Gasteiger partial charge in [0.15, 0.2) is 0 Å². The number of hydrogen-bond donors (Lipinski definition) is 1. The van der Waals surface area contributed by atoms with Crippen LogP contribution in [0.5, 0.6) is 0 Å². The van der Waals surface area contributed by atoms with E-state index in [1.54, 1.807) is 24.3 Å². The van der Waals surface area contributed by atoms with Crippen LogP contribution >= 0.6 is 0 Å². The average molecular weight is 444 g/mol. The summed E-state index contributed by atoms with van der Waals surface area (Å²) in [6.45, 7) is 6.08. The molecule has 8 heteroatoms. The van der Waals surface area contributed by atoms with Gasteiger partial charge in [-0.15, -0.1) is 0 Å². The van der Waals surface area contributed by atoms with Crippen LogP contribution < -0.4 is 9.62 Å². The second-order valence-electron chi connectivity index (χ2n) is 8.07. The zero-order chi connectivity index (χ0) is 21.8. The third-order valence-corrected chi connectivity index (χ3v) is 7.79. The normalized spacial score (nSPS) is 19.8. The Morgan fingerprint density at radius 2 is 1.71 bits per heavy atom. The number of amides is 1. The lowest BCUT2D eigenvalue weighted by Gasteiger charge is -2.35. The van der Waals surface area contributed by atoms with E-state index < -0.39 is 10.0 Å². The molecule has 31 heavy (non-hydrogen) atoms. The summed E-state index contributed by atoms with van der Waals surface area (Å²) < 4.78 is 31.1. The molecule has 0 bridgehead atoms. The molecule has 2 saturated heterocycles. The fourth-order valence-electron chi connectivity index (χ4n) is 4.14. The van der Waals surface area contributed by atoms with Gasteiger partial charge in [0.1, 0.15) is 0 Å². The molecule has 0 radical (unpaired) electrons. The lowest BCUT2D eigenvalue weighted by atomic mass is 10.0. The molecule has 0 saturated carbocycles. The van der Waals surface area contributed by atoms with Gasteiger partial charge in [-0.1, -0.05) is 29.8 Å². The van der Waals surface area contributed by atoms with Crippen LogP contribution in [0.4, 0.5) is 5.69 Å². The number of aryl methyl sites for hydroxylation is 1. The summed E-state index contributed by atoms with van der Waals surface area (Å²) in [5.74, 6) is 0.0122. The smallest absolute Gasteiger partial charge is 0.251 e. The second-order valence-corrected chi connectivity index (χ2v) is 10.1. The minimum atomic E-state index is -3.22. The Hall–Kier alpha value is -2.42. The largest absolute Gasteiger partial charge is 0.379 e. The molecule has 7 nitrogen and oxygen atoms in total. The van der Waals surface area contributed by atoms with Crippen LogP contribution in [0.15, 0.2) is 48.5 Å². The van der Waals surface area contributed by atoms with Crippen LogP contribution in [0.3, 0.4) is 0 Å². The maximum absolute atomic E-state index is 12.8. The third kappa shape index (κ3) is 5.08. The first-order valence-electron chi connectivity index (χ1n) is 10.7. The van der Waals surface area contributed by atoms with E-state index in [0.717, 1.165) is 13.1 Å². The Labute approximate surface area is 184 Å². The summed E-state index contributed by atoms with van der Waals surface area (Å²) in [6.07, 6.45) is 0.631. The first kappa shape index (κ1) is 21.8. The fourth-order valence-corrected chi connectivity index (χ4v) is 5.70. The van der Waals surface area contributed by atoms with Crippen molar-refractivity contribution in [2.45, 2.75) is 19.4 Å². The van der Waals surface area contributed by atoms with E-state index in [0.29, 0.717) is 44.0 Å². The summed E-state index contributed by atoms with van der Waals surface area (Å²) in [4.78, 5) is 15.1. The van der Waals surface area contributed by atoms with Gasteiger partial charge in [0.05, 0.1) is 30.7 Å². The molecule has 166 valence electrons. The molecule has 4 rings (SSSR count). The molecule has 0 spiro atoms. The number of ether oxygens (including phenoxy) is 1. The molecular weight excluding hydrogens is 414 g/mol. The van der Waals surface area contributed by atoms with Crippen LogP contribution in [0.2, 0.25) is 0 Å². The molecule has 0 aromatic heterocycles. The van der Waals surface area contributed by atoms with E-state index in [-0.39, 0.29) is 17.7 Å². The molecule has 2 aliphatic heterocycles. The highest BCUT2D eigenvalue weighted by molar-refractivity contribution is 7.93. The summed E-state index contributed by atoms with van der Waals surface area (Å²) in [7, 11) is -3.22. The number of sulfonamides is 1. The highest BCUT2D eigenvalue weighted by atomic mass is 32.2. The second kappa shape index (κ2) is 9.38. The van der Waals surface area contributed by atoms with Gasteiger partial charge >= 0.3 is 0 Å². The zero-order valence-corrected chi connectivity index (χ0v) is 18.6. The van der Waals surface area contributed by atoms with Gasteiger partial charge in [0, 0.05) is 31.7 Å². The first-order chi connectivity index (χ1) is 14.9. The highest BCUT2D eigenvalue weighted by Gasteiger charge is 2.28. The number of carbonyl (C=O) groups excluding carboxylic acids is 1. The quantitative estimate of drug-likeness (QED) is 0.741. The monoisotopic (exact) mass is 443 g/mol. The molecule has 2 aliphatic rings. The number of benzene rings is 2. The minimum absolute atomic E-state index is 0.0717. The van der Waals surface area contributed by atoms with Crippen LogP contribution in [-0.2, 0) is 14.8 Å². The molecular formula is C23H29N3O4S. The number of morpholine rings is 1. The molecule has 0 aliphatic carbocycles. The van der Waals surface area contributed by atoms with Gasteiger partial charge in [-0.3, -0.25) is 14.0 Å². The Bertz CT molecular complexity index is 1000. The SMILES string of the molecule is Cc1ccc(C(CNC(=O)c2ccc(N3CCCS3(=O)=O)cc2)N2CCOCC2)cc1. The van der Waals surface area contributed by atoms with Gasteiger partial charge < -0.3 is 10.1 Å². The summed E-state index contributed by atoms with van der Waals surface area (Å²) in [5.41, 5.74) is 3.50. The van der Waals surface area contributed by atoms with Crippen molar-refractivity contribution in [3.8, 4) is 0 Å². The maximum Gasteiger partial charge on any atom is 0.251 e. The van der Waals surface area contributed by atoms with Crippen LogP contribution in [0.1, 0.15) is 33.9 Å². The predicted molar refractivity (Wildman–Crippen MR) is 121 cm³/mol. The van der Waals surface area contributed by atoms with E-state index >= 15 is 0 Å². The van der Waals surface area contributed by atoms with Crippen molar-refractivity contribution in [3.63, 3.8) is 0 Å². The number of nitrogens with one attached hydrogen (secondary N) is 1. The molecule has 2 fully saturated rings. The summed E-state index contributed by atoms with van der Waals surface area (Å²) in [5, 5.41) is 3.06. The van der Waals surface area contributed by atoms with Gasteiger partial charge in [0.2, 0.25) is 10.0 Å². The maximum atomic E-state index is 12.8. The molecule has 1 amide bonds. The van der Waals surface area contributed by atoms with E-state index in [9.17, 15) is 13.2 Å². The van der Waals surface area contributed by atoms with E-state index in [1.165, 1.54) is 15.4 Å². The van der Waals surface area contributed by atoms with Crippen LogP contribution in [-0.4, -0.2) is 64.4 Å². The third-order valence-electron chi connectivity index (χ3n) is 5.92. The Kier molecular flexibility index (Phi) is 6.60. The molecule has 1 unspecified atom stereocenters. The molecule has 2 aromatic carbocycles. The van der Waals surface area contributed by atoms with Crippen molar-refractivity contribution in [1.82, 2.24) is 10.2 Å². The number of hydrogen-bond acceptors (Lipinski definition) is 5. The number of nitrogens with zero attached hydrogens (tertiary/aromatic N) is 2. The minimum Gasteiger partial charge on any atom is -0.379 e. The molecule has 2 heterocycles. The van der Waals surface area contributed by atoms with Gasteiger partial charge in [-0.2, -0.15) is 0 Å². The van der Waals surface area contributed by atoms with Crippen molar-refractivity contribution < 1.29 is 17.9 Å². The van der Waals surface area contributed by atoms with Crippen molar-refractivity contribution in [2.75, 3.05) is 49.5 Å². The van der Waals surface area contributed by atoms with Gasteiger partial charge in [-0.25, -0.2) is 8.42 Å². The van der Waals surface area contributed by atoms with E-state index in [1.807, 2.05) is 0 Å². The van der Waals surface area contributed by atoms with E-state index in [4.69, 9.17) is 4.74 Å². The van der Waals surface area contributed by atoms with Crippen LogP contribution in [0, 0.1) is 6.92 Å². The van der Waals surface area contributed by atoms with Gasteiger partial charge in [0.25, 0.3) is 5.91 Å². The zero-order valence-electron chi connectivity index (χ0n) is 17.8. The Morgan fingerprint density at radius 3 is 2.32 bits per heavy atom. The molecule has 1 N–H and O–H groups in total. The van der Waals surface area contributed by atoms with E-state index in [2.05, 4.69) is 41.4 Å². The molecule has 1 atom stereocenters. The van der Waals surface area contributed by atoms with Crippen molar-refractivity contribution >= 4 is 21.6 Å². The number of rotatable bonds is 6. The standard InChI is InChI=1S/C23H29N3O4S/c1-18-3-5-19(6-4-18)22(25-12-14-30-15-13-25)17-24-23(27)20-7-9-21(10-8-20)26-11-2-16-31(26,28)29/h3-10,22H,2,11-17H2,1H3,(H,24,27). The van der Waals surface area contributed by atoms with Crippen molar-refractivity contribution in [3.05, 3.63) is 65.2 Å². The summed E-state index contributed by atoms with van der Waals surface area (Å²) in [6, 6.07) is 15.3. The Morgan fingerprint density at radius 1 is 1.03 bits per heavy atom. The number of anilines is 1. The lowest BCUT2D eigenvalue weighted by molar-refractivity contribution is 0.0162. The first-order valence-corrected chi connectivity index (χ1v) is 12.3. The van der Waals surface area contributed by atoms with Crippen LogP contribution in [0.25, 0.3) is 0 Å². The van der Waals surface area contributed by atoms with Crippen molar-refractivity contribution in [2.24, 2.45) is 0 Å². The highest BCUT2D eigenvalue weighted by Crippen LogP contribution is 2.25. The topological polar surface area (TPSA) is 79.0 Å². The molecule has 2 aromatic rings. The predicted octanol–water partition coefficient (Wildman–Crippen LogP) is 2.34. The van der Waals surface area contributed by atoms with Gasteiger partial charge in [-0.05, 0) is 43.2 Å². The fraction of sp³-hybridized carbons (Fsp3) is 0.435. The van der Waals surface area contributed by atoms with Crippen molar-refractivity contribution in [1.29, 1.82) is 0 Å².